The monoisotopic (exact) mass is 280 g/mol. The number of para-hydroxylation sites is 1. The number of rotatable bonds is 2. The average molecular weight is 280 g/mol. The fourth-order valence-electron chi connectivity index (χ4n) is 2.10. The first-order valence-electron chi connectivity index (χ1n) is 6.38. The van der Waals surface area contributed by atoms with Crippen molar-refractivity contribution in [1.29, 1.82) is 0 Å². The minimum absolute atomic E-state index is 0.0550. The smallest absolute Gasteiger partial charge is 0.349 e. The van der Waals surface area contributed by atoms with Crippen molar-refractivity contribution in [2.75, 3.05) is 0 Å². The highest BCUT2D eigenvalue weighted by Crippen LogP contribution is 2.26. The first kappa shape index (κ1) is 13.1. The lowest BCUT2D eigenvalue weighted by atomic mass is 10.1. The summed E-state index contributed by atoms with van der Waals surface area (Å²) in [5, 5.41) is 10.8. The van der Waals surface area contributed by atoms with Gasteiger partial charge < -0.3 is 9.52 Å². The zero-order chi connectivity index (χ0) is 14.8. The molecule has 0 radical (unpaired) electrons. The molecule has 1 N–H and O–H groups in total. The quantitative estimate of drug-likeness (QED) is 0.578. The molecule has 0 aliphatic carbocycles. The number of hydrogen-bond donors (Lipinski definition) is 1. The summed E-state index contributed by atoms with van der Waals surface area (Å²) in [7, 11) is 0. The molecule has 5 heteroatoms. The molecule has 21 heavy (non-hydrogen) atoms. The molecule has 0 amide bonds. The van der Waals surface area contributed by atoms with Gasteiger partial charge >= 0.3 is 5.63 Å². The number of aromatic nitrogens is 1. The number of hydrogen-bond acceptors (Lipinski definition) is 5. The molecule has 0 fully saturated rings. The Bertz CT molecular complexity index is 883. The predicted molar refractivity (Wildman–Crippen MR) is 80.3 cm³/mol. The van der Waals surface area contributed by atoms with Crippen molar-refractivity contribution in [2.45, 2.75) is 6.92 Å². The van der Waals surface area contributed by atoms with Crippen LogP contribution in [-0.4, -0.2) is 15.8 Å². The maximum Gasteiger partial charge on any atom is 0.349 e. The fourth-order valence-corrected chi connectivity index (χ4v) is 2.10. The lowest BCUT2D eigenvalue weighted by Crippen LogP contribution is -2.12. The van der Waals surface area contributed by atoms with Crippen molar-refractivity contribution in [3.8, 4) is 5.75 Å². The number of pyridine rings is 1. The summed E-state index contributed by atoms with van der Waals surface area (Å²) in [5.41, 5.74) is 0.128. The van der Waals surface area contributed by atoms with Crippen LogP contribution < -0.4 is 5.63 Å². The van der Waals surface area contributed by atoms with Gasteiger partial charge in [-0.25, -0.2) is 14.8 Å². The number of aromatic hydroxyl groups is 1. The van der Waals surface area contributed by atoms with E-state index in [0.29, 0.717) is 22.5 Å². The molecule has 2 aromatic heterocycles. The molecular weight excluding hydrogens is 268 g/mol. The zero-order valence-electron chi connectivity index (χ0n) is 11.3. The molecule has 0 aliphatic heterocycles. The number of aliphatic imine (C=N–C) groups is 1. The Labute approximate surface area is 120 Å². The Morgan fingerprint density at radius 1 is 1.19 bits per heavy atom. The highest BCUT2D eigenvalue weighted by molar-refractivity contribution is 6.05. The first-order valence-corrected chi connectivity index (χ1v) is 6.38. The van der Waals surface area contributed by atoms with Gasteiger partial charge in [-0.1, -0.05) is 18.2 Å². The van der Waals surface area contributed by atoms with Gasteiger partial charge in [0, 0.05) is 6.20 Å². The van der Waals surface area contributed by atoms with E-state index >= 15 is 0 Å². The van der Waals surface area contributed by atoms with Gasteiger partial charge in [-0.15, -0.1) is 0 Å². The predicted octanol–water partition coefficient (Wildman–Crippen LogP) is 3.03. The van der Waals surface area contributed by atoms with Gasteiger partial charge in [0.05, 0.1) is 11.1 Å². The Kier molecular flexibility index (Phi) is 3.23. The third-order valence-electron chi connectivity index (χ3n) is 3.08. The van der Waals surface area contributed by atoms with Gasteiger partial charge in [0.15, 0.2) is 5.82 Å². The van der Waals surface area contributed by atoms with Crippen molar-refractivity contribution >= 4 is 22.5 Å². The van der Waals surface area contributed by atoms with Gasteiger partial charge in [-0.05, 0) is 31.2 Å². The standard InChI is InChI=1S/C16H12N2O3/c1-10(18-13-8-4-5-9-17-13)14-15(19)11-6-2-3-7-12(11)21-16(14)20/h2-9,19H,1H3. The van der Waals surface area contributed by atoms with Crippen LogP contribution in [0.3, 0.4) is 0 Å². The second-order valence-electron chi connectivity index (χ2n) is 4.49. The molecule has 0 spiro atoms. The zero-order valence-corrected chi connectivity index (χ0v) is 11.3. The van der Waals surface area contributed by atoms with Crippen molar-refractivity contribution in [1.82, 2.24) is 4.98 Å². The third kappa shape index (κ3) is 2.41. The second kappa shape index (κ2) is 5.20. The molecule has 0 bridgehead atoms. The number of nitrogens with zero attached hydrogens (tertiary/aromatic N) is 2. The van der Waals surface area contributed by atoms with E-state index in [-0.39, 0.29) is 11.3 Å². The summed E-state index contributed by atoms with van der Waals surface area (Å²) in [4.78, 5) is 20.4. The Morgan fingerprint density at radius 3 is 2.71 bits per heavy atom. The fraction of sp³-hybridized carbons (Fsp3) is 0.0625. The van der Waals surface area contributed by atoms with Crippen LogP contribution in [0.4, 0.5) is 5.82 Å². The van der Waals surface area contributed by atoms with E-state index in [1.165, 1.54) is 0 Å². The summed E-state index contributed by atoms with van der Waals surface area (Å²) in [6, 6.07) is 12.1. The largest absolute Gasteiger partial charge is 0.506 e. The highest BCUT2D eigenvalue weighted by Gasteiger charge is 2.16. The van der Waals surface area contributed by atoms with Crippen molar-refractivity contribution in [2.24, 2.45) is 4.99 Å². The molecule has 5 nitrogen and oxygen atoms in total. The molecule has 3 aromatic rings. The molecule has 0 atom stereocenters. The van der Waals surface area contributed by atoms with Crippen molar-refractivity contribution < 1.29 is 9.52 Å². The Balaban J connectivity index is 2.21. The van der Waals surface area contributed by atoms with Crippen molar-refractivity contribution in [3.05, 3.63) is 64.6 Å². The van der Waals surface area contributed by atoms with Crippen LogP contribution in [0.5, 0.6) is 5.75 Å². The van der Waals surface area contributed by atoms with E-state index in [1.54, 1.807) is 55.6 Å². The lowest BCUT2D eigenvalue weighted by molar-refractivity contribution is 0.466. The lowest BCUT2D eigenvalue weighted by Gasteiger charge is -2.05. The van der Waals surface area contributed by atoms with Crippen LogP contribution in [-0.2, 0) is 0 Å². The summed E-state index contributed by atoms with van der Waals surface area (Å²) in [6.07, 6.45) is 1.61. The topological polar surface area (TPSA) is 75.7 Å². The van der Waals surface area contributed by atoms with Crippen LogP contribution >= 0.6 is 0 Å². The summed E-state index contributed by atoms with van der Waals surface area (Å²) >= 11 is 0. The van der Waals surface area contributed by atoms with E-state index in [1.807, 2.05) is 0 Å². The van der Waals surface area contributed by atoms with E-state index < -0.39 is 5.63 Å². The summed E-state index contributed by atoms with van der Waals surface area (Å²) in [6.45, 7) is 1.63. The Morgan fingerprint density at radius 2 is 1.95 bits per heavy atom. The minimum atomic E-state index is -0.622. The van der Waals surface area contributed by atoms with Gasteiger partial charge in [0.25, 0.3) is 0 Å². The molecule has 2 heterocycles. The minimum Gasteiger partial charge on any atom is -0.506 e. The van der Waals surface area contributed by atoms with Gasteiger partial charge in [0.2, 0.25) is 0 Å². The normalized spacial score (nSPS) is 11.8. The molecule has 3 rings (SSSR count). The van der Waals surface area contributed by atoms with Crippen LogP contribution in [0.25, 0.3) is 11.0 Å². The maximum atomic E-state index is 12.1. The third-order valence-corrected chi connectivity index (χ3v) is 3.08. The molecule has 1 aromatic carbocycles. The molecule has 104 valence electrons. The molecule has 0 unspecified atom stereocenters. The van der Waals surface area contributed by atoms with Gasteiger partial charge in [0.1, 0.15) is 16.9 Å². The SMILES string of the molecule is CC(=Nc1ccccn1)c1c(O)c2ccccc2oc1=O. The molecule has 0 aliphatic rings. The second-order valence-corrected chi connectivity index (χ2v) is 4.49. The number of fused-ring (bicyclic) bond motifs is 1. The summed E-state index contributed by atoms with van der Waals surface area (Å²) < 4.78 is 5.22. The molecular formula is C16H12N2O3. The van der Waals surface area contributed by atoms with E-state index in [2.05, 4.69) is 9.98 Å². The van der Waals surface area contributed by atoms with Crippen LogP contribution in [0, 0.1) is 0 Å². The van der Waals surface area contributed by atoms with Gasteiger partial charge in [-0.3, -0.25) is 0 Å². The van der Waals surface area contributed by atoms with Crippen LogP contribution in [0.1, 0.15) is 12.5 Å². The van der Waals surface area contributed by atoms with E-state index in [9.17, 15) is 9.90 Å². The van der Waals surface area contributed by atoms with Crippen LogP contribution in [0.2, 0.25) is 0 Å². The Hall–Kier alpha value is -2.95. The van der Waals surface area contributed by atoms with Gasteiger partial charge in [-0.2, -0.15) is 0 Å². The summed E-state index contributed by atoms with van der Waals surface area (Å²) in [5.74, 6) is 0.334. The van der Waals surface area contributed by atoms with Crippen LogP contribution in [0.15, 0.2) is 62.9 Å². The van der Waals surface area contributed by atoms with E-state index in [4.69, 9.17) is 4.42 Å². The van der Waals surface area contributed by atoms with Crippen molar-refractivity contribution in [3.63, 3.8) is 0 Å². The highest BCUT2D eigenvalue weighted by atomic mass is 16.4. The average Bonchev–Trinajstić information content (AvgIpc) is 2.48. The molecule has 0 saturated carbocycles. The number of benzene rings is 1. The van der Waals surface area contributed by atoms with E-state index in [0.717, 1.165) is 0 Å². The maximum absolute atomic E-state index is 12.1. The molecule has 0 saturated heterocycles. The first-order chi connectivity index (χ1) is 10.2.